The molecule has 1 fully saturated rings. The van der Waals surface area contributed by atoms with Crippen molar-refractivity contribution < 1.29 is 13.3 Å². The van der Waals surface area contributed by atoms with Gasteiger partial charge in [-0.1, -0.05) is 18.5 Å². The minimum absolute atomic E-state index is 0.161. The summed E-state index contributed by atoms with van der Waals surface area (Å²) in [5.41, 5.74) is 0.131. The van der Waals surface area contributed by atoms with E-state index < -0.39 is 11.6 Å². The molecular weight excluding hydrogens is 276 g/mol. The largest absolute Gasteiger partial charge is 0.338 e. The number of nitrogens with one attached hydrogen (secondary N) is 1. The summed E-state index contributed by atoms with van der Waals surface area (Å²) in [6.07, 6.45) is 2.88. The summed E-state index contributed by atoms with van der Waals surface area (Å²) in [5.74, 6) is -0.524. The first-order chi connectivity index (χ1) is 10.1. The first-order valence-corrected chi connectivity index (χ1v) is 7.14. The smallest absolute Gasteiger partial charge is 0.234 e. The zero-order valence-corrected chi connectivity index (χ0v) is 11.8. The molecule has 0 amide bonds. The van der Waals surface area contributed by atoms with Crippen LogP contribution in [0.15, 0.2) is 22.7 Å². The predicted molar refractivity (Wildman–Crippen MR) is 73.7 cm³/mol. The van der Waals surface area contributed by atoms with Gasteiger partial charge in [0.2, 0.25) is 11.7 Å². The molecule has 4 nitrogen and oxygen atoms in total. The van der Waals surface area contributed by atoms with Crippen molar-refractivity contribution in [1.29, 1.82) is 0 Å². The van der Waals surface area contributed by atoms with Crippen LogP contribution in [0.5, 0.6) is 0 Å². The lowest BCUT2D eigenvalue weighted by molar-refractivity contribution is 0.277. The van der Waals surface area contributed by atoms with Gasteiger partial charge >= 0.3 is 0 Å². The fourth-order valence-electron chi connectivity index (χ4n) is 2.96. The van der Waals surface area contributed by atoms with Crippen molar-refractivity contribution in [2.45, 2.75) is 31.6 Å². The minimum Gasteiger partial charge on any atom is -0.338 e. The van der Waals surface area contributed by atoms with E-state index in [1.165, 1.54) is 12.1 Å². The summed E-state index contributed by atoms with van der Waals surface area (Å²) in [7, 11) is 0. The van der Waals surface area contributed by atoms with E-state index in [1.807, 2.05) is 0 Å². The van der Waals surface area contributed by atoms with E-state index in [9.17, 15) is 8.78 Å². The molecule has 1 saturated heterocycles. The monoisotopic (exact) mass is 293 g/mol. The Bertz CT molecular complexity index is 615. The fourth-order valence-corrected chi connectivity index (χ4v) is 2.96. The van der Waals surface area contributed by atoms with E-state index >= 15 is 0 Å². The zero-order valence-electron chi connectivity index (χ0n) is 11.8. The second kappa shape index (κ2) is 5.52. The molecule has 1 atom stereocenters. The molecule has 0 bridgehead atoms. The minimum atomic E-state index is -0.651. The Labute approximate surface area is 121 Å². The van der Waals surface area contributed by atoms with Gasteiger partial charge in [0.25, 0.3) is 0 Å². The maximum absolute atomic E-state index is 13.3. The molecule has 21 heavy (non-hydrogen) atoms. The van der Waals surface area contributed by atoms with Gasteiger partial charge in [-0.2, -0.15) is 4.98 Å². The van der Waals surface area contributed by atoms with Crippen LogP contribution in [0.3, 0.4) is 0 Å². The summed E-state index contributed by atoms with van der Waals surface area (Å²) in [5, 5.41) is 7.21. The second-order valence-corrected chi connectivity index (χ2v) is 5.54. The van der Waals surface area contributed by atoms with E-state index in [0.717, 1.165) is 38.4 Å². The average Bonchev–Trinajstić information content (AvgIpc) is 3.07. The van der Waals surface area contributed by atoms with Crippen molar-refractivity contribution in [3.05, 3.63) is 35.7 Å². The quantitative estimate of drug-likeness (QED) is 0.941. The van der Waals surface area contributed by atoms with Crippen LogP contribution in [0.25, 0.3) is 11.4 Å². The summed E-state index contributed by atoms with van der Waals surface area (Å²) in [6.45, 7) is 3.81. The lowest BCUT2D eigenvalue weighted by Crippen LogP contribution is -2.29. The lowest BCUT2D eigenvalue weighted by Gasteiger charge is -2.22. The molecule has 1 aliphatic rings. The van der Waals surface area contributed by atoms with Crippen LogP contribution >= 0.6 is 0 Å². The molecule has 0 aliphatic carbocycles. The highest BCUT2D eigenvalue weighted by Gasteiger charge is 2.40. The Hall–Kier alpha value is -1.82. The van der Waals surface area contributed by atoms with Gasteiger partial charge in [-0.3, -0.25) is 0 Å². The third kappa shape index (κ3) is 2.68. The first kappa shape index (κ1) is 14.1. The molecular formula is C15H17F2N3O. The number of benzene rings is 1. The van der Waals surface area contributed by atoms with Crippen LogP contribution in [-0.4, -0.2) is 23.2 Å². The van der Waals surface area contributed by atoms with E-state index in [1.54, 1.807) is 0 Å². The number of hydrogen-bond donors (Lipinski definition) is 1. The molecule has 2 aromatic rings. The van der Waals surface area contributed by atoms with Crippen LogP contribution in [0.4, 0.5) is 8.78 Å². The van der Waals surface area contributed by atoms with Crippen LogP contribution in [0.1, 0.15) is 32.1 Å². The van der Waals surface area contributed by atoms with Gasteiger partial charge in [0.05, 0.1) is 5.41 Å². The molecule has 0 spiro atoms. The SMILES string of the molecule is CCCC1(c2nc(-c3cc(F)cc(F)c3)no2)CCNC1. The highest BCUT2D eigenvalue weighted by Crippen LogP contribution is 2.35. The van der Waals surface area contributed by atoms with E-state index in [-0.39, 0.29) is 11.2 Å². The molecule has 3 rings (SSSR count). The first-order valence-electron chi connectivity index (χ1n) is 7.14. The maximum Gasteiger partial charge on any atom is 0.234 e. The third-order valence-electron chi connectivity index (χ3n) is 3.97. The molecule has 1 N–H and O–H groups in total. The van der Waals surface area contributed by atoms with E-state index in [0.29, 0.717) is 11.5 Å². The highest BCUT2D eigenvalue weighted by atomic mass is 19.1. The predicted octanol–water partition coefficient (Wildman–Crippen LogP) is 3.05. The maximum atomic E-state index is 13.3. The summed E-state index contributed by atoms with van der Waals surface area (Å²) in [4.78, 5) is 4.38. The summed E-state index contributed by atoms with van der Waals surface area (Å²) < 4.78 is 32.0. The summed E-state index contributed by atoms with van der Waals surface area (Å²) >= 11 is 0. The van der Waals surface area contributed by atoms with Crippen molar-refractivity contribution in [2.75, 3.05) is 13.1 Å². The van der Waals surface area contributed by atoms with Gasteiger partial charge in [0, 0.05) is 18.2 Å². The second-order valence-electron chi connectivity index (χ2n) is 5.54. The van der Waals surface area contributed by atoms with Crippen LogP contribution < -0.4 is 5.32 Å². The molecule has 2 heterocycles. The van der Waals surface area contributed by atoms with Crippen molar-refractivity contribution in [1.82, 2.24) is 15.5 Å². The van der Waals surface area contributed by atoms with E-state index in [4.69, 9.17) is 4.52 Å². The fraction of sp³-hybridized carbons (Fsp3) is 0.467. The topological polar surface area (TPSA) is 51.0 Å². The number of aromatic nitrogens is 2. The Morgan fingerprint density at radius 1 is 1.29 bits per heavy atom. The van der Waals surface area contributed by atoms with Crippen LogP contribution in [0.2, 0.25) is 0 Å². The Balaban J connectivity index is 1.95. The Kier molecular flexibility index (Phi) is 3.71. The molecule has 1 aromatic heterocycles. The van der Waals surface area contributed by atoms with Crippen LogP contribution in [-0.2, 0) is 5.41 Å². The van der Waals surface area contributed by atoms with Gasteiger partial charge in [-0.25, -0.2) is 8.78 Å². The highest BCUT2D eigenvalue weighted by molar-refractivity contribution is 5.54. The van der Waals surface area contributed by atoms with Gasteiger partial charge in [-0.15, -0.1) is 0 Å². The van der Waals surface area contributed by atoms with Crippen LogP contribution in [0, 0.1) is 11.6 Å². The van der Waals surface area contributed by atoms with Gasteiger partial charge in [0.1, 0.15) is 11.6 Å². The van der Waals surface area contributed by atoms with Crippen molar-refractivity contribution in [3.63, 3.8) is 0 Å². The molecule has 6 heteroatoms. The lowest BCUT2D eigenvalue weighted by atomic mass is 9.82. The molecule has 1 aliphatic heterocycles. The molecule has 1 aromatic carbocycles. The zero-order chi connectivity index (χ0) is 14.9. The number of rotatable bonds is 4. The van der Waals surface area contributed by atoms with Gasteiger partial charge < -0.3 is 9.84 Å². The van der Waals surface area contributed by atoms with Crippen molar-refractivity contribution in [2.24, 2.45) is 0 Å². The summed E-state index contributed by atoms with van der Waals surface area (Å²) in [6, 6.07) is 3.23. The van der Waals surface area contributed by atoms with Gasteiger partial charge in [0.15, 0.2) is 0 Å². The van der Waals surface area contributed by atoms with Crippen molar-refractivity contribution in [3.8, 4) is 11.4 Å². The number of halogens is 2. The van der Waals surface area contributed by atoms with Crippen molar-refractivity contribution >= 4 is 0 Å². The Morgan fingerprint density at radius 2 is 2.05 bits per heavy atom. The molecule has 112 valence electrons. The van der Waals surface area contributed by atoms with E-state index in [2.05, 4.69) is 22.4 Å². The number of nitrogens with zero attached hydrogens (tertiary/aromatic N) is 2. The molecule has 1 unspecified atom stereocenters. The number of hydrogen-bond acceptors (Lipinski definition) is 4. The molecule has 0 saturated carbocycles. The third-order valence-corrected chi connectivity index (χ3v) is 3.97. The molecule has 0 radical (unpaired) electrons. The van der Waals surface area contributed by atoms with Gasteiger partial charge in [-0.05, 0) is 31.5 Å². The average molecular weight is 293 g/mol. The normalized spacial score (nSPS) is 21.9. The standard InChI is InChI=1S/C15H17F2N3O/c1-2-3-15(4-5-18-9-15)14-19-13(20-21-14)10-6-11(16)8-12(17)7-10/h6-8,18H,2-5,9H2,1H3. The Morgan fingerprint density at radius 3 is 2.67 bits per heavy atom.